The average molecular weight is 196 g/mol. The summed E-state index contributed by atoms with van der Waals surface area (Å²) in [4.78, 5) is 11.0. The maximum atomic E-state index is 11.0. The van der Waals surface area contributed by atoms with Gasteiger partial charge in [0.05, 0.1) is 7.11 Å². The highest BCUT2D eigenvalue weighted by Gasteiger charge is 2.31. The van der Waals surface area contributed by atoms with Crippen molar-refractivity contribution in [2.24, 2.45) is 11.8 Å². The first-order valence-electron chi connectivity index (χ1n) is 5.47. The Morgan fingerprint density at radius 1 is 1.64 bits per heavy atom. The maximum Gasteiger partial charge on any atom is 0.330 e. The number of rotatable bonds is 4. The third-order valence-corrected chi connectivity index (χ3v) is 3.22. The molecule has 14 heavy (non-hydrogen) atoms. The first-order chi connectivity index (χ1) is 6.69. The largest absolute Gasteiger partial charge is 0.466 e. The Morgan fingerprint density at radius 3 is 2.86 bits per heavy atom. The molecule has 0 spiro atoms. The standard InChI is InChI=1S/C12H20O2/c1-4-5-6-10-7-11(9(10)2)8-12(13)14-3/h8-10H,4-7H2,1-3H3/b11-8+/t9-,10-/m0/s1. The molecule has 1 fully saturated rings. The summed E-state index contributed by atoms with van der Waals surface area (Å²) >= 11 is 0. The molecular weight excluding hydrogens is 176 g/mol. The molecule has 0 unspecified atom stereocenters. The van der Waals surface area contributed by atoms with Gasteiger partial charge in [-0.3, -0.25) is 0 Å². The molecule has 1 aliphatic rings. The molecule has 0 amide bonds. The van der Waals surface area contributed by atoms with Crippen molar-refractivity contribution in [1.29, 1.82) is 0 Å². The molecular formula is C12H20O2. The number of carbonyl (C=O) groups excluding carboxylic acids is 1. The first-order valence-corrected chi connectivity index (χ1v) is 5.47. The first kappa shape index (κ1) is 11.3. The molecule has 0 aromatic heterocycles. The SMILES string of the molecule is CCCC[C@H]1C/C(=C\C(=O)OC)[C@H]1C. The average Bonchev–Trinajstić information content (AvgIpc) is 2.21. The smallest absolute Gasteiger partial charge is 0.330 e. The quantitative estimate of drug-likeness (QED) is 0.510. The normalized spacial score (nSPS) is 28.6. The van der Waals surface area contributed by atoms with Gasteiger partial charge in [0.1, 0.15) is 0 Å². The number of allylic oxidation sites excluding steroid dienone is 1. The summed E-state index contributed by atoms with van der Waals surface area (Å²) in [7, 11) is 1.43. The number of carbonyl (C=O) groups is 1. The van der Waals surface area contributed by atoms with Gasteiger partial charge < -0.3 is 4.74 Å². The summed E-state index contributed by atoms with van der Waals surface area (Å²) in [6.45, 7) is 4.42. The molecule has 0 heterocycles. The van der Waals surface area contributed by atoms with Gasteiger partial charge >= 0.3 is 5.97 Å². The number of unbranched alkanes of at least 4 members (excludes halogenated alkanes) is 1. The van der Waals surface area contributed by atoms with Crippen molar-refractivity contribution in [3.63, 3.8) is 0 Å². The van der Waals surface area contributed by atoms with Gasteiger partial charge in [0, 0.05) is 6.08 Å². The predicted molar refractivity (Wildman–Crippen MR) is 56.9 cm³/mol. The molecule has 1 aliphatic carbocycles. The summed E-state index contributed by atoms with van der Waals surface area (Å²) in [5, 5.41) is 0. The van der Waals surface area contributed by atoms with Crippen LogP contribution in [0, 0.1) is 11.8 Å². The van der Waals surface area contributed by atoms with Gasteiger partial charge in [-0.05, 0) is 24.7 Å². The van der Waals surface area contributed by atoms with Crippen LogP contribution in [-0.2, 0) is 9.53 Å². The Kier molecular flexibility index (Phi) is 4.18. The zero-order valence-electron chi connectivity index (χ0n) is 9.38. The summed E-state index contributed by atoms with van der Waals surface area (Å²) in [6, 6.07) is 0. The van der Waals surface area contributed by atoms with Crippen LogP contribution in [-0.4, -0.2) is 13.1 Å². The second kappa shape index (κ2) is 5.18. The van der Waals surface area contributed by atoms with Crippen LogP contribution in [0.5, 0.6) is 0 Å². The molecule has 0 N–H and O–H groups in total. The van der Waals surface area contributed by atoms with E-state index < -0.39 is 0 Å². The van der Waals surface area contributed by atoms with Gasteiger partial charge in [0.25, 0.3) is 0 Å². The van der Waals surface area contributed by atoms with E-state index in [2.05, 4.69) is 18.6 Å². The van der Waals surface area contributed by atoms with Crippen LogP contribution in [0.1, 0.15) is 39.5 Å². The monoisotopic (exact) mass is 196 g/mol. The third kappa shape index (κ3) is 2.60. The molecule has 0 saturated heterocycles. The van der Waals surface area contributed by atoms with Gasteiger partial charge in [-0.2, -0.15) is 0 Å². The fourth-order valence-electron chi connectivity index (χ4n) is 2.03. The van der Waals surface area contributed by atoms with Crippen LogP contribution in [0.2, 0.25) is 0 Å². The molecule has 2 nitrogen and oxygen atoms in total. The summed E-state index contributed by atoms with van der Waals surface area (Å²) in [6.07, 6.45) is 6.62. The molecule has 1 rings (SSSR count). The third-order valence-electron chi connectivity index (χ3n) is 3.22. The van der Waals surface area contributed by atoms with Crippen LogP contribution in [0.4, 0.5) is 0 Å². The Morgan fingerprint density at radius 2 is 2.36 bits per heavy atom. The Bertz CT molecular complexity index is 230. The highest BCUT2D eigenvalue weighted by molar-refractivity contribution is 5.83. The maximum absolute atomic E-state index is 11.0. The lowest BCUT2D eigenvalue weighted by molar-refractivity contribution is -0.135. The molecule has 2 heteroatoms. The fourth-order valence-corrected chi connectivity index (χ4v) is 2.03. The highest BCUT2D eigenvalue weighted by atomic mass is 16.5. The molecule has 0 radical (unpaired) electrons. The van der Waals surface area contributed by atoms with E-state index in [0.717, 1.165) is 12.3 Å². The number of hydrogen-bond donors (Lipinski definition) is 0. The molecule has 0 aliphatic heterocycles. The zero-order valence-corrected chi connectivity index (χ0v) is 9.38. The van der Waals surface area contributed by atoms with Crippen LogP contribution in [0.15, 0.2) is 11.6 Å². The lowest BCUT2D eigenvalue weighted by Crippen LogP contribution is -2.27. The topological polar surface area (TPSA) is 26.3 Å². The minimum Gasteiger partial charge on any atom is -0.466 e. The zero-order chi connectivity index (χ0) is 10.6. The van der Waals surface area contributed by atoms with E-state index in [1.807, 2.05) is 0 Å². The molecule has 0 aromatic carbocycles. The van der Waals surface area contributed by atoms with Crippen molar-refractivity contribution in [2.45, 2.75) is 39.5 Å². The number of methoxy groups -OCH3 is 1. The molecule has 1 saturated carbocycles. The Hall–Kier alpha value is -0.790. The van der Waals surface area contributed by atoms with Gasteiger partial charge in [-0.1, -0.05) is 32.3 Å². The molecule has 0 bridgehead atoms. The summed E-state index contributed by atoms with van der Waals surface area (Å²) < 4.78 is 4.61. The van der Waals surface area contributed by atoms with E-state index in [-0.39, 0.29) is 5.97 Å². The minimum atomic E-state index is -0.208. The predicted octanol–water partition coefficient (Wildman–Crippen LogP) is 2.93. The summed E-state index contributed by atoms with van der Waals surface area (Å²) in [5.41, 5.74) is 1.26. The number of ether oxygens (including phenoxy) is 1. The van der Waals surface area contributed by atoms with Crippen molar-refractivity contribution in [3.05, 3.63) is 11.6 Å². The molecule has 0 aromatic rings. The van der Waals surface area contributed by atoms with E-state index in [1.165, 1.54) is 31.9 Å². The van der Waals surface area contributed by atoms with Crippen molar-refractivity contribution in [2.75, 3.05) is 7.11 Å². The van der Waals surface area contributed by atoms with Gasteiger partial charge in [-0.25, -0.2) is 4.79 Å². The second-order valence-electron chi connectivity index (χ2n) is 4.14. The van der Waals surface area contributed by atoms with Gasteiger partial charge in [-0.15, -0.1) is 0 Å². The van der Waals surface area contributed by atoms with Crippen molar-refractivity contribution in [3.8, 4) is 0 Å². The van der Waals surface area contributed by atoms with E-state index >= 15 is 0 Å². The van der Waals surface area contributed by atoms with E-state index in [1.54, 1.807) is 6.08 Å². The van der Waals surface area contributed by atoms with Crippen molar-refractivity contribution >= 4 is 5.97 Å². The Balaban J connectivity index is 2.35. The van der Waals surface area contributed by atoms with Gasteiger partial charge in [0.15, 0.2) is 0 Å². The van der Waals surface area contributed by atoms with Gasteiger partial charge in [0.2, 0.25) is 0 Å². The second-order valence-corrected chi connectivity index (χ2v) is 4.14. The van der Waals surface area contributed by atoms with E-state index in [0.29, 0.717) is 5.92 Å². The van der Waals surface area contributed by atoms with E-state index in [4.69, 9.17) is 0 Å². The van der Waals surface area contributed by atoms with Crippen molar-refractivity contribution < 1.29 is 9.53 Å². The van der Waals surface area contributed by atoms with Crippen LogP contribution >= 0.6 is 0 Å². The van der Waals surface area contributed by atoms with Crippen molar-refractivity contribution in [1.82, 2.24) is 0 Å². The Labute approximate surface area is 86.3 Å². The highest BCUT2D eigenvalue weighted by Crippen LogP contribution is 2.42. The van der Waals surface area contributed by atoms with Crippen LogP contribution in [0.3, 0.4) is 0 Å². The lowest BCUT2D eigenvalue weighted by Gasteiger charge is -2.37. The summed E-state index contributed by atoms with van der Waals surface area (Å²) in [5.74, 6) is 1.17. The molecule has 80 valence electrons. The minimum absolute atomic E-state index is 0.208. The van der Waals surface area contributed by atoms with E-state index in [9.17, 15) is 4.79 Å². The fraction of sp³-hybridized carbons (Fsp3) is 0.750. The van der Waals surface area contributed by atoms with Crippen LogP contribution < -0.4 is 0 Å². The lowest BCUT2D eigenvalue weighted by atomic mass is 9.68. The molecule has 2 atom stereocenters. The number of esters is 1. The van der Waals surface area contributed by atoms with Crippen LogP contribution in [0.25, 0.3) is 0 Å². The number of hydrogen-bond acceptors (Lipinski definition) is 2.